The number of likely N-dealkylation sites (tertiary alicyclic amines) is 1. The van der Waals surface area contributed by atoms with Crippen molar-refractivity contribution in [2.75, 3.05) is 13.1 Å². The third kappa shape index (κ3) is 3.65. The Kier molecular flexibility index (Phi) is 4.75. The molecule has 3 heterocycles. The summed E-state index contributed by atoms with van der Waals surface area (Å²) in [5, 5.41) is 1.61. The maximum absolute atomic E-state index is 12.8. The topological polar surface area (TPSA) is 60.2 Å². The highest BCUT2D eigenvalue weighted by atomic mass is 35.5. The maximum Gasteiger partial charge on any atom is 0.316 e. The largest absolute Gasteiger partial charge is 0.458 e. The molecule has 1 aliphatic heterocycles. The molecule has 26 heavy (non-hydrogen) atoms. The Hall–Kier alpha value is -2.60. The summed E-state index contributed by atoms with van der Waals surface area (Å²) in [5.41, 5.74) is 1.07. The van der Waals surface area contributed by atoms with Crippen LogP contribution in [0.5, 0.6) is 6.01 Å². The minimum Gasteiger partial charge on any atom is -0.458 e. The smallest absolute Gasteiger partial charge is 0.316 e. The van der Waals surface area contributed by atoms with E-state index in [1.165, 1.54) is 12.4 Å². The van der Waals surface area contributed by atoms with Crippen LogP contribution in [0.25, 0.3) is 10.9 Å². The van der Waals surface area contributed by atoms with Crippen molar-refractivity contribution in [2.24, 2.45) is 0 Å². The Bertz CT molecular complexity index is 909. The van der Waals surface area contributed by atoms with Crippen LogP contribution in [0.2, 0.25) is 5.02 Å². The van der Waals surface area contributed by atoms with E-state index in [0.29, 0.717) is 24.1 Å². The van der Waals surface area contributed by atoms with Crippen molar-refractivity contribution < 1.29 is 9.53 Å². The standard InChI is InChI=1S/C19H19ClN4O2/c20-15-10-21-19(22-11-15)26-16-5-3-8-24(12-16)18(25)13-23-9-7-14-4-1-2-6-17(14)23/h1-2,4,6-7,9-11,16H,3,5,8,12-13H2. The van der Waals surface area contributed by atoms with E-state index in [1.807, 2.05) is 46.0 Å². The first kappa shape index (κ1) is 16.8. The van der Waals surface area contributed by atoms with Crippen LogP contribution in [0.15, 0.2) is 48.9 Å². The fraction of sp³-hybridized carbons (Fsp3) is 0.316. The van der Waals surface area contributed by atoms with Crippen molar-refractivity contribution in [2.45, 2.75) is 25.5 Å². The number of nitrogens with zero attached hydrogens (tertiary/aromatic N) is 4. The lowest BCUT2D eigenvalue weighted by atomic mass is 10.1. The quantitative estimate of drug-likeness (QED) is 0.707. The second kappa shape index (κ2) is 7.33. The molecule has 134 valence electrons. The van der Waals surface area contributed by atoms with Gasteiger partial charge in [-0.3, -0.25) is 4.79 Å². The Morgan fingerprint density at radius 1 is 1.23 bits per heavy atom. The van der Waals surface area contributed by atoms with Gasteiger partial charge in [-0.1, -0.05) is 29.8 Å². The third-order valence-electron chi connectivity index (χ3n) is 4.59. The van der Waals surface area contributed by atoms with Crippen LogP contribution in [0.4, 0.5) is 0 Å². The van der Waals surface area contributed by atoms with Crippen molar-refractivity contribution in [3.63, 3.8) is 0 Å². The molecule has 1 fully saturated rings. The highest BCUT2D eigenvalue weighted by Crippen LogP contribution is 2.18. The molecule has 2 aromatic heterocycles. The van der Waals surface area contributed by atoms with Gasteiger partial charge in [0, 0.05) is 18.3 Å². The molecule has 0 aliphatic carbocycles. The first-order valence-corrected chi connectivity index (χ1v) is 9.03. The Morgan fingerprint density at radius 2 is 2.04 bits per heavy atom. The van der Waals surface area contributed by atoms with Gasteiger partial charge in [-0.25, -0.2) is 9.97 Å². The molecular formula is C19H19ClN4O2. The molecule has 0 bridgehead atoms. The fourth-order valence-electron chi connectivity index (χ4n) is 3.30. The van der Waals surface area contributed by atoms with Gasteiger partial charge >= 0.3 is 6.01 Å². The van der Waals surface area contributed by atoms with Gasteiger partial charge in [0.15, 0.2) is 0 Å². The van der Waals surface area contributed by atoms with E-state index in [9.17, 15) is 4.79 Å². The van der Waals surface area contributed by atoms with Crippen LogP contribution < -0.4 is 4.74 Å². The number of hydrogen-bond donors (Lipinski definition) is 0. The number of fused-ring (bicyclic) bond motifs is 1. The number of carbonyl (C=O) groups excluding carboxylic acids is 1. The third-order valence-corrected chi connectivity index (χ3v) is 4.78. The predicted molar refractivity (Wildman–Crippen MR) is 99.2 cm³/mol. The summed E-state index contributed by atoms with van der Waals surface area (Å²) < 4.78 is 7.81. The number of para-hydroxylation sites is 1. The molecule has 0 saturated carbocycles. The normalized spacial score (nSPS) is 17.4. The van der Waals surface area contributed by atoms with Gasteiger partial charge in [0.2, 0.25) is 5.91 Å². The van der Waals surface area contributed by atoms with E-state index in [4.69, 9.17) is 16.3 Å². The van der Waals surface area contributed by atoms with E-state index >= 15 is 0 Å². The van der Waals surface area contributed by atoms with Gasteiger partial charge in [0.05, 0.1) is 24.0 Å². The highest BCUT2D eigenvalue weighted by molar-refractivity contribution is 6.30. The molecule has 1 amide bonds. The Morgan fingerprint density at radius 3 is 2.88 bits per heavy atom. The number of amides is 1. The molecule has 0 spiro atoms. The molecule has 1 aliphatic rings. The number of ether oxygens (including phenoxy) is 1. The zero-order valence-electron chi connectivity index (χ0n) is 14.2. The number of piperidine rings is 1. The average molecular weight is 371 g/mol. The lowest BCUT2D eigenvalue weighted by molar-refractivity contribution is -0.134. The zero-order chi connectivity index (χ0) is 17.9. The lowest BCUT2D eigenvalue weighted by Gasteiger charge is -2.32. The fourth-order valence-corrected chi connectivity index (χ4v) is 3.39. The molecule has 1 unspecified atom stereocenters. The van der Waals surface area contributed by atoms with Crippen molar-refractivity contribution in [3.05, 3.63) is 53.9 Å². The van der Waals surface area contributed by atoms with Gasteiger partial charge < -0.3 is 14.2 Å². The van der Waals surface area contributed by atoms with Crippen molar-refractivity contribution >= 4 is 28.4 Å². The molecule has 1 atom stereocenters. The number of halogens is 1. The number of rotatable bonds is 4. The van der Waals surface area contributed by atoms with Crippen molar-refractivity contribution in [1.82, 2.24) is 19.4 Å². The zero-order valence-corrected chi connectivity index (χ0v) is 15.0. The number of carbonyl (C=O) groups is 1. The molecule has 1 saturated heterocycles. The summed E-state index contributed by atoms with van der Waals surface area (Å²) in [7, 11) is 0. The van der Waals surface area contributed by atoms with E-state index in [-0.39, 0.29) is 12.0 Å². The lowest BCUT2D eigenvalue weighted by Crippen LogP contribution is -2.45. The van der Waals surface area contributed by atoms with Crippen LogP contribution in [0.3, 0.4) is 0 Å². The highest BCUT2D eigenvalue weighted by Gasteiger charge is 2.25. The molecule has 3 aromatic rings. The second-order valence-electron chi connectivity index (χ2n) is 6.41. The van der Waals surface area contributed by atoms with E-state index in [1.54, 1.807) is 0 Å². The van der Waals surface area contributed by atoms with Crippen LogP contribution in [0, 0.1) is 0 Å². The molecule has 0 N–H and O–H groups in total. The molecular weight excluding hydrogens is 352 g/mol. The summed E-state index contributed by atoms with van der Waals surface area (Å²) in [6, 6.07) is 10.4. The number of benzene rings is 1. The van der Waals surface area contributed by atoms with E-state index < -0.39 is 0 Å². The summed E-state index contributed by atoms with van der Waals surface area (Å²) >= 11 is 5.79. The predicted octanol–water partition coefficient (Wildman–Crippen LogP) is 3.15. The van der Waals surface area contributed by atoms with Gasteiger partial charge in [-0.15, -0.1) is 0 Å². The van der Waals surface area contributed by atoms with Crippen molar-refractivity contribution in [1.29, 1.82) is 0 Å². The minimum absolute atomic E-state index is 0.0941. The summed E-state index contributed by atoms with van der Waals surface area (Å²) in [6.45, 7) is 1.63. The van der Waals surface area contributed by atoms with Crippen LogP contribution in [0.1, 0.15) is 12.8 Å². The van der Waals surface area contributed by atoms with Gasteiger partial charge in [-0.2, -0.15) is 0 Å². The monoisotopic (exact) mass is 370 g/mol. The minimum atomic E-state index is -0.102. The first-order valence-electron chi connectivity index (χ1n) is 8.65. The van der Waals surface area contributed by atoms with E-state index in [0.717, 1.165) is 30.3 Å². The molecule has 4 rings (SSSR count). The van der Waals surface area contributed by atoms with Crippen LogP contribution >= 0.6 is 11.6 Å². The van der Waals surface area contributed by atoms with E-state index in [2.05, 4.69) is 9.97 Å². The van der Waals surface area contributed by atoms with Crippen LogP contribution in [-0.4, -0.2) is 44.5 Å². The Labute approximate surface area is 156 Å². The number of hydrogen-bond acceptors (Lipinski definition) is 4. The molecule has 7 heteroatoms. The van der Waals surface area contributed by atoms with Gasteiger partial charge in [0.1, 0.15) is 12.6 Å². The Balaban J connectivity index is 1.40. The van der Waals surface area contributed by atoms with Crippen LogP contribution in [-0.2, 0) is 11.3 Å². The van der Waals surface area contributed by atoms with Gasteiger partial charge in [0.25, 0.3) is 0 Å². The second-order valence-corrected chi connectivity index (χ2v) is 6.84. The van der Waals surface area contributed by atoms with Gasteiger partial charge in [-0.05, 0) is 30.4 Å². The first-order chi connectivity index (χ1) is 12.7. The molecule has 0 radical (unpaired) electrons. The summed E-state index contributed by atoms with van der Waals surface area (Å²) in [5.74, 6) is 0.0941. The summed E-state index contributed by atoms with van der Waals surface area (Å²) in [6.07, 6.45) is 6.65. The molecule has 6 nitrogen and oxygen atoms in total. The SMILES string of the molecule is O=C(Cn1ccc2ccccc21)N1CCCC(Oc2ncc(Cl)cn2)C1. The number of aromatic nitrogens is 3. The summed E-state index contributed by atoms with van der Waals surface area (Å²) in [4.78, 5) is 22.7. The maximum atomic E-state index is 12.8. The molecule has 1 aromatic carbocycles. The van der Waals surface area contributed by atoms with Crippen molar-refractivity contribution in [3.8, 4) is 6.01 Å². The average Bonchev–Trinajstić information content (AvgIpc) is 3.07.